The molecule has 0 amide bonds. The van der Waals surface area contributed by atoms with E-state index < -0.39 is 7.59 Å². The quantitative estimate of drug-likeness (QED) is 0.688. The number of nitrogens with one attached hydrogen (secondary N) is 1. The van der Waals surface area contributed by atoms with Crippen molar-refractivity contribution >= 4 is 25.6 Å². The van der Waals surface area contributed by atoms with Gasteiger partial charge in [0.15, 0.2) is 0 Å². The summed E-state index contributed by atoms with van der Waals surface area (Å²) in [5.41, 5.74) is 1.61. The first-order valence-electron chi connectivity index (χ1n) is 5.09. The van der Waals surface area contributed by atoms with Crippen LogP contribution >= 0.6 is 0 Å². The molecule has 0 radical (unpaired) electrons. The third kappa shape index (κ3) is 5.29. The van der Waals surface area contributed by atoms with Crippen molar-refractivity contribution in [1.29, 1.82) is 0 Å². The van der Waals surface area contributed by atoms with Gasteiger partial charge >= 0.3 is 0 Å². The summed E-state index contributed by atoms with van der Waals surface area (Å²) in [6.45, 7) is 14.7. The topological polar surface area (TPSA) is 12.0 Å². The van der Waals surface area contributed by atoms with E-state index in [0.717, 1.165) is 6.04 Å². The van der Waals surface area contributed by atoms with Gasteiger partial charge in [0.25, 0.3) is 0 Å². The smallest absolute Gasteiger partial charge is 0.0890 e. The molecule has 0 spiro atoms. The SMILES string of the molecule is CC(C)N[SiH2]C[Si](C)(C)[SiH](C)C. The Morgan fingerprint density at radius 2 is 1.83 bits per heavy atom. The lowest BCUT2D eigenvalue weighted by molar-refractivity contribution is 0.753. The Morgan fingerprint density at radius 3 is 2.17 bits per heavy atom. The zero-order valence-corrected chi connectivity index (χ0v) is 13.1. The van der Waals surface area contributed by atoms with Crippen LogP contribution in [0.5, 0.6) is 0 Å². The van der Waals surface area contributed by atoms with Gasteiger partial charge < -0.3 is 4.98 Å². The Kier molecular flexibility index (Phi) is 5.64. The minimum atomic E-state index is -0.709. The van der Waals surface area contributed by atoms with Crippen LogP contribution in [0.4, 0.5) is 0 Å². The molecule has 0 aliphatic rings. The van der Waals surface area contributed by atoms with E-state index in [9.17, 15) is 0 Å². The molecule has 0 bridgehead atoms. The van der Waals surface area contributed by atoms with Crippen molar-refractivity contribution in [2.24, 2.45) is 0 Å². The van der Waals surface area contributed by atoms with Crippen LogP contribution in [0.15, 0.2) is 0 Å². The maximum absolute atomic E-state index is 3.65. The molecule has 1 N–H and O–H groups in total. The van der Waals surface area contributed by atoms with Crippen LogP contribution in [0, 0.1) is 0 Å². The van der Waals surface area contributed by atoms with Crippen molar-refractivity contribution in [2.45, 2.75) is 51.7 Å². The van der Waals surface area contributed by atoms with E-state index in [0.29, 0.717) is 0 Å². The zero-order chi connectivity index (χ0) is 9.78. The van der Waals surface area contributed by atoms with Crippen LogP contribution in [-0.2, 0) is 0 Å². The van der Waals surface area contributed by atoms with Gasteiger partial charge in [-0.2, -0.15) is 0 Å². The van der Waals surface area contributed by atoms with Gasteiger partial charge in [-0.3, -0.25) is 0 Å². The van der Waals surface area contributed by atoms with Crippen LogP contribution in [0.1, 0.15) is 13.8 Å². The molecule has 0 fully saturated rings. The second kappa shape index (κ2) is 5.36. The van der Waals surface area contributed by atoms with Crippen LogP contribution in [0.3, 0.4) is 0 Å². The van der Waals surface area contributed by atoms with Crippen molar-refractivity contribution in [3.05, 3.63) is 0 Å². The highest BCUT2D eigenvalue weighted by Gasteiger charge is 2.24. The highest BCUT2D eigenvalue weighted by atomic mass is 29.2. The molecule has 0 saturated heterocycles. The van der Waals surface area contributed by atoms with E-state index in [1.54, 1.807) is 5.67 Å². The first kappa shape index (κ1) is 12.6. The Morgan fingerprint density at radius 1 is 1.33 bits per heavy atom. The fourth-order valence-electron chi connectivity index (χ4n) is 0.972. The maximum Gasteiger partial charge on any atom is 0.0890 e. The van der Waals surface area contributed by atoms with Gasteiger partial charge in [-0.1, -0.05) is 45.7 Å². The van der Waals surface area contributed by atoms with E-state index >= 15 is 0 Å². The Bertz CT molecular complexity index is 123. The van der Waals surface area contributed by atoms with Crippen LogP contribution in [0.25, 0.3) is 0 Å². The van der Waals surface area contributed by atoms with Gasteiger partial charge in [0.05, 0.1) is 9.68 Å². The van der Waals surface area contributed by atoms with Crippen molar-refractivity contribution in [3.63, 3.8) is 0 Å². The molecular formula is C8H25NSi3. The molecule has 0 aliphatic carbocycles. The predicted octanol–water partition coefficient (Wildman–Crippen LogP) is 1.30. The number of hydrogen-bond donors (Lipinski definition) is 1. The van der Waals surface area contributed by atoms with Gasteiger partial charge in [-0.05, 0) is 6.04 Å². The third-order valence-electron chi connectivity index (χ3n) is 2.88. The number of rotatable bonds is 5. The molecule has 0 aromatic rings. The number of hydrogen-bond acceptors (Lipinski definition) is 1. The lowest BCUT2D eigenvalue weighted by atomic mass is 10.4. The molecule has 0 saturated carbocycles. The molecule has 0 aromatic carbocycles. The molecule has 0 atom stereocenters. The van der Waals surface area contributed by atoms with E-state index in [-0.39, 0.29) is 18.0 Å². The highest BCUT2D eigenvalue weighted by Crippen LogP contribution is 2.11. The van der Waals surface area contributed by atoms with Gasteiger partial charge in [-0.25, -0.2) is 0 Å². The van der Waals surface area contributed by atoms with Crippen LogP contribution in [0.2, 0.25) is 31.9 Å². The summed E-state index contributed by atoms with van der Waals surface area (Å²) < 4.78 is 0. The second-order valence-corrected chi connectivity index (χ2v) is 22.3. The van der Waals surface area contributed by atoms with Gasteiger partial charge in [-0.15, -0.1) is 0 Å². The van der Waals surface area contributed by atoms with Crippen molar-refractivity contribution < 1.29 is 0 Å². The summed E-state index contributed by atoms with van der Waals surface area (Å²) >= 11 is 0. The first-order chi connectivity index (χ1) is 5.36. The van der Waals surface area contributed by atoms with Crippen LogP contribution in [-0.4, -0.2) is 31.6 Å². The van der Waals surface area contributed by atoms with Crippen LogP contribution < -0.4 is 4.98 Å². The summed E-state index contributed by atoms with van der Waals surface area (Å²) in [5.74, 6) is 0. The third-order valence-corrected chi connectivity index (χ3v) is 25.2. The lowest BCUT2D eigenvalue weighted by Crippen LogP contribution is -2.45. The monoisotopic (exact) mass is 219 g/mol. The van der Waals surface area contributed by atoms with E-state index in [1.807, 2.05) is 0 Å². The molecule has 0 aromatic heterocycles. The molecule has 0 unspecified atom stereocenters. The molecular weight excluding hydrogens is 194 g/mol. The summed E-state index contributed by atoms with van der Waals surface area (Å²) in [5, 5.41) is 0. The molecule has 1 nitrogen and oxygen atoms in total. The fraction of sp³-hybridized carbons (Fsp3) is 1.00. The predicted molar refractivity (Wildman–Crippen MR) is 68.0 cm³/mol. The average Bonchev–Trinajstić information content (AvgIpc) is 1.85. The molecule has 0 rings (SSSR count). The first-order valence-corrected chi connectivity index (χ1v) is 14.1. The van der Waals surface area contributed by atoms with Gasteiger partial charge in [0, 0.05) is 15.9 Å². The second-order valence-electron chi connectivity index (χ2n) is 5.00. The minimum absolute atomic E-state index is 0.0633. The zero-order valence-electron chi connectivity index (χ0n) is 9.57. The largest absolute Gasteiger partial charge is 0.340 e. The highest BCUT2D eigenvalue weighted by molar-refractivity contribution is 7.32. The lowest BCUT2D eigenvalue weighted by Gasteiger charge is -2.26. The summed E-state index contributed by atoms with van der Waals surface area (Å²) in [4.78, 5) is 3.65. The standard InChI is InChI=1S/C8H25NSi3/c1-8(2)9-10-7-12(5,6)11(3)4/h8-9,11H,7,10H2,1-6H3. The Hall–Kier alpha value is 0.611. The minimum Gasteiger partial charge on any atom is -0.340 e. The molecule has 0 heterocycles. The van der Waals surface area contributed by atoms with Crippen molar-refractivity contribution in [2.75, 3.05) is 0 Å². The molecule has 74 valence electrons. The molecule has 4 heteroatoms. The molecule has 0 aliphatic heterocycles. The molecule has 12 heavy (non-hydrogen) atoms. The van der Waals surface area contributed by atoms with E-state index in [1.165, 1.54) is 0 Å². The maximum atomic E-state index is 3.65. The normalized spacial score (nSPS) is 14.0. The van der Waals surface area contributed by atoms with Gasteiger partial charge in [0.1, 0.15) is 0 Å². The van der Waals surface area contributed by atoms with Crippen molar-refractivity contribution in [3.8, 4) is 0 Å². The van der Waals surface area contributed by atoms with Gasteiger partial charge in [0.2, 0.25) is 0 Å². The average molecular weight is 220 g/mol. The Balaban J connectivity index is 3.61. The van der Waals surface area contributed by atoms with E-state index in [4.69, 9.17) is 0 Å². The fourth-order valence-corrected chi connectivity index (χ4v) is 13.5. The summed E-state index contributed by atoms with van der Waals surface area (Å²) in [6, 6.07) is 0.718. The van der Waals surface area contributed by atoms with Crippen molar-refractivity contribution in [1.82, 2.24) is 4.98 Å². The van der Waals surface area contributed by atoms with E-state index in [2.05, 4.69) is 45.0 Å². The summed E-state index contributed by atoms with van der Waals surface area (Å²) in [7, 11) is -0.955. The Labute approximate surface area is 82.6 Å². The summed E-state index contributed by atoms with van der Waals surface area (Å²) in [6.07, 6.45) is 0.